The van der Waals surface area contributed by atoms with Crippen LogP contribution in [0.1, 0.15) is 20.8 Å². The molecule has 0 saturated heterocycles. The summed E-state index contributed by atoms with van der Waals surface area (Å²) in [7, 11) is -5.58. The van der Waals surface area contributed by atoms with Gasteiger partial charge in [-0.25, -0.2) is 0 Å². The van der Waals surface area contributed by atoms with Crippen LogP contribution in [0, 0.1) is 5.41 Å². The number of hydrogen-bond donors (Lipinski definition) is 0. The zero-order valence-electron chi connectivity index (χ0n) is 7.97. The predicted molar refractivity (Wildman–Crippen MR) is 44.7 cm³/mol. The van der Waals surface area contributed by atoms with E-state index in [4.69, 9.17) is 0 Å². The van der Waals surface area contributed by atoms with Gasteiger partial charge in [-0.05, 0) is 0 Å². The summed E-state index contributed by atoms with van der Waals surface area (Å²) < 4.78 is 60.3. The number of rotatable bonds is 2. The van der Waals surface area contributed by atoms with E-state index in [2.05, 4.69) is 10.8 Å². The number of hydrogen-bond acceptors (Lipinski definition) is 3. The molecule has 0 saturated carbocycles. The third-order valence-electron chi connectivity index (χ3n) is 1.33. The monoisotopic (exact) mass is 232 g/mol. The molecule has 0 aromatic carbocycles. The van der Waals surface area contributed by atoms with E-state index in [9.17, 15) is 21.6 Å². The Hall–Kier alpha value is -0.720. The third-order valence-corrected chi connectivity index (χ3v) is 2.32. The maximum absolute atomic E-state index is 11.8. The van der Waals surface area contributed by atoms with Crippen LogP contribution in [0.15, 0.2) is 12.3 Å². The van der Waals surface area contributed by atoms with Crippen LogP contribution < -0.4 is 0 Å². The Morgan fingerprint density at radius 2 is 1.57 bits per heavy atom. The first-order valence-corrected chi connectivity index (χ1v) is 4.99. The Morgan fingerprint density at radius 1 is 1.21 bits per heavy atom. The van der Waals surface area contributed by atoms with Crippen molar-refractivity contribution in [3.05, 3.63) is 12.3 Å². The Balaban J connectivity index is 4.82. The van der Waals surface area contributed by atoms with Crippen molar-refractivity contribution < 1.29 is 25.8 Å². The normalized spacial score (nSPS) is 13.9. The van der Waals surface area contributed by atoms with Crippen molar-refractivity contribution in [3.8, 4) is 0 Å². The summed E-state index contributed by atoms with van der Waals surface area (Å²) in [5.41, 5.74) is -6.28. The first-order valence-electron chi connectivity index (χ1n) is 3.58. The minimum absolute atomic E-state index is 0.449. The van der Waals surface area contributed by atoms with E-state index in [1.807, 2.05) is 0 Å². The fraction of sp³-hybridized carbons (Fsp3) is 0.714. The van der Waals surface area contributed by atoms with Gasteiger partial charge < -0.3 is 4.18 Å². The molecule has 0 aliphatic carbocycles. The second kappa shape index (κ2) is 3.45. The lowest BCUT2D eigenvalue weighted by atomic mass is 9.95. The molecule has 0 bridgehead atoms. The van der Waals surface area contributed by atoms with E-state index in [0.29, 0.717) is 0 Å². The molecule has 0 heterocycles. The highest BCUT2D eigenvalue weighted by atomic mass is 32.2. The molecule has 84 valence electrons. The first-order chi connectivity index (χ1) is 5.88. The van der Waals surface area contributed by atoms with Crippen LogP contribution in [0.4, 0.5) is 13.2 Å². The average molecular weight is 232 g/mol. The molecular formula is C7H11F3O3S. The summed E-state index contributed by atoms with van der Waals surface area (Å²) in [6.07, 6.45) is 0. The van der Waals surface area contributed by atoms with Crippen LogP contribution in [0.5, 0.6) is 0 Å². The summed E-state index contributed by atoms with van der Waals surface area (Å²) in [6.45, 7) is 7.59. The standard InChI is InChI=1S/C7H11F3O3S/c1-5(6(2,3)4)13-14(11,12)7(8,9)10/h1H2,2-4H3. The van der Waals surface area contributed by atoms with Crippen LogP contribution in [-0.2, 0) is 14.3 Å². The van der Waals surface area contributed by atoms with Gasteiger partial charge in [0.15, 0.2) is 0 Å². The second-order valence-corrected chi connectivity index (χ2v) is 5.19. The number of halogens is 3. The lowest BCUT2D eigenvalue weighted by Crippen LogP contribution is -2.27. The molecule has 0 N–H and O–H groups in total. The summed E-state index contributed by atoms with van der Waals surface area (Å²) >= 11 is 0. The molecule has 0 spiro atoms. The minimum Gasteiger partial charge on any atom is -0.381 e. The zero-order chi connectivity index (χ0) is 11.8. The molecule has 0 unspecified atom stereocenters. The van der Waals surface area contributed by atoms with E-state index in [-0.39, 0.29) is 0 Å². The molecule has 7 heteroatoms. The summed E-state index contributed by atoms with van der Waals surface area (Å²) in [5.74, 6) is -0.449. The van der Waals surface area contributed by atoms with Crippen molar-refractivity contribution in [2.45, 2.75) is 26.3 Å². The van der Waals surface area contributed by atoms with Gasteiger partial charge in [-0.3, -0.25) is 0 Å². The van der Waals surface area contributed by atoms with Gasteiger partial charge >= 0.3 is 15.6 Å². The van der Waals surface area contributed by atoms with E-state index >= 15 is 0 Å². The summed E-state index contributed by atoms with van der Waals surface area (Å²) in [4.78, 5) is 0. The molecular weight excluding hydrogens is 221 g/mol. The van der Waals surface area contributed by atoms with Crippen LogP contribution in [0.25, 0.3) is 0 Å². The van der Waals surface area contributed by atoms with E-state index in [1.54, 1.807) is 0 Å². The van der Waals surface area contributed by atoms with Crippen LogP contribution >= 0.6 is 0 Å². The largest absolute Gasteiger partial charge is 0.534 e. The van der Waals surface area contributed by atoms with Gasteiger partial charge in [0.05, 0.1) is 0 Å². The fourth-order valence-electron chi connectivity index (χ4n) is 0.305. The minimum atomic E-state index is -5.58. The van der Waals surface area contributed by atoms with Crippen LogP contribution in [-0.4, -0.2) is 13.9 Å². The van der Waals surface area contributed by atoms with Crippen molar-refractivity contribution in [3.63, 3.8) is 0 Å². The van der Waals surface area contributed by atoms with Crippen molar-refractivity contribution in [2.24, 2.45) is 5.41 Å². The van der Waals surface area contributed by atoms with Gasteiger partial charge in [0.2, 0.25) is 0 Å². The fourth-order valence-corrected chi connectivity index (χ4v) is 0.914. The SMILES string of the molecule is C=C(OS(=O)(=O)C(F)(F)F)C(C)(C)C. The van der Waals surface area contributed by atoms with Gasteiger partial charge in [-0.1, -0.05) is 27.4 Å². The number of allylic oxidation sites excluding steroid dienone is 1. The first kappa shape index (κ1) is 13.3. The predicted octanol–water partition coefficient (Wildman–Crippen LogP) is 2.41. The molecule has 0 rings (SSSR count). The highest BCUT2D eigenvalue weighted by Gasteiger charge is 2.49. The topological polar surface area (TPSA) is 43.4 Å². The van der Waals surface area contributed by atoms with Crippen molar-refractivity contribution in [1.29, 1.82) is 0 Å². The quantitative estimate of drug-likeness (QED) is 0.417. The lowest BCUT2D eigenvalue weighted by molar-refractivity contribution is -0.0530. The molecule has 0 fully saturated rings. The second-order valence-electron chi connectivity index (χ2n) is 3.66. The Morgan fingerprint density at radius 3 is 1.79 bits per heavy atom. The van der Waals surface area contributed by atoms with E-state index in [0.717, 1.165) is 0 Å². The average Bonchev–Trinajstić information content (AvgIpc) is 1.80. The lowest BCUT2D eigenvalue weighted by Gasteiger charge is -2.21. The van der Waals surface area contributed by atoms with Gasteiger partial charge in [0.25, 0.3) is 0 Å². The van der Waals surface area contributed by atoms with E-state index < -0.39 is 26.8 Å². The van der Waals surface area contributed by atoms with Gasteiger partial charge in [-0.2, -0.15) is 21.6 Å². The maximum Gasteiger partial charge on any atom is 0.534 e. The Labute approximate surface area is 80.7 Å². The Kier molecular flexibility index (Phi) is 3.27. The van der Waals surface area contributed by atoms with E-state index in [1.165, 1.54) is 20.8 Å². The van der Waals surface area contributed by atoms with Gasteiger partial charge in [0.1, 0.15) is 5.76 Å². The molecule has 14 heavy (non-hydrogen) atoms. The summed E-state index contributed by atoms with van der Waals surface area (Å²) in [6, 6.07) is 0. The molecule has 0 aromatic rings. The zero-order valence-corrected chi connectivity index (χ0v) is 8.79. The van der Waals surface area contributed by atoms with Gasteiger partial charge in [0, 0.05) is 5.41 Å². The number of alkyl halides is 3. The van der Waals surface area contributed by atoms with Crippen molar-refractivity contribution >= 4 is 10.1 Å². The molecule has 0 atom stereocenters. The third kappa shape index (κ3) is 3.21. The molecule has 0 radical (unpaired) electrons. The van der Waals surface area contributed by atoms with Gasteiger partial charge in [-0.15, -0.1) is 0 Å². The molecule has 3 nitrogen and oxygen atoms in total. The summed E-state index contributed by atoms with van der Waals surface area (Å²) in [5, 5.41) is 0. The maximum atomic E-state index is 11.8. The van der Waals surface area contributed by atoms with Crippen LogP contribution in [0.3, 0.4) is 0 Å². The van der Waals surface area contributed by atoms with Crippen molar-refractivity contribution in [1.82, 2.24) is 0 Å². The molecule has 0 amide bonds. The molecule has 0 aromatic heterocycles. The smallest absolute Gasteiger partial charge is 0.381 e. The molecule has 0 aliphatic heterocycles. The van der Waals surface area contributed by atoms with Crippen LogP contribution in [0.2, 0.25) is 0 Å². The highest BCUT2D eigenvalue weighted by Crippen LogP contribution is 2.32. The molecule has 0 aliphatic rings. The highest BCUT2D eigenvalue weighted by molar-refractivity contribution is 7.87. The van der Waals surface area contributed by atoms with Crippen molar-refractivity contribution in [2.75, 3.05) is 0 Å². The Bertz CT molecular complexity index is 321.